The number of aromatic nitrogens is 2. The maximum Gasteiger partial charge on any atom is 0.250 e. The van der Waals surface area contributed by atoms with Gasteiger partial charge in [-0.2, -0.15) is 0 Å². The molecule has 1 heterocycles. The molecule has 1 aromatic heterocycles. The minimum absolute atomic E-state index is 0.0653. The lowest BCUT2D eigenvalue weighted by atomic mass is 9.59. The van der Waals surface area contributed by atoms with Crippen molar-refractivity contribution in [1.82, 2.24) is 10.2 Å². The van der Waals surface area contributed by atoms with E-state index in [0.717, 1.165) is 11.4 Å². The molecule has 1 saturated carbocycles. The monoisotopic (exact) mass is 232 g/mol. The van der Waals surface area contributed by atoms with Crippen molar-refractivity contribution in [1.29, 1.82) is 0 Å². The molecule has 1 aliphatic carbocycles. The van der Waals surface area contributed by atoms with E-state index >= 15 is 0 Å². The first-order valence-corrected chi connectivity index (χ1v) is 6.02. The van der Waals surface area contributed by atoms with Crippen molar-refractivity contribution in [2.75, 3.05) is 0 Å². The van der Waals surface area contributed by atoms with Crippen molar-refractivity contribution in [2.45, 2.75) is 44.4 Å². The summed E-state index contributed by atoms with van der Waals surface area (Å²) in [6.07, 6.45) is 0.768. The molecule has 1 atom stereocenters. The molecule has 15 heavy (non-hydrogen) atoms. The zero-order chi connectivity index (χ0) is 11.1. The average Bonchev–Trinajstić information content (AvgIpc) is 2.65. The van der Waals surface area contributed by atoms with E-state index in [4.69, 9.17) is 0 Å². The summed E-state index contributed by atoms with van der Waals surface area (Å²) < 4.78 is 26.2. The highest BCUT2D eigenvalue weighted by molar-refractivity contribution is 7.09. The molecule has 0 aliphatic heterocycles. The van der Waals surface area contributed by atoms with Crippen LogP contribution in [-0.2, 0) is 5.41 Å². The highest BCUT2D eigenvalue weighted by Crippen LogP contribution is 2.58. The summed E-state index contributed by atoms with van der Waals surface area (Å²) in [4.78, 5) is 0. The van der Waals surface area contributed by atoms with Crippen molar-refractivity contribution >= 4 is 11.3 Å². The minimum atomic E-state index is -2.50. The van der Waals surface area contributed by atoms with Gasteiger partial charge in [0.15, 0.2) is 0 Å². The third kappa shape index (κ3) is 1.67. The number of alkyl halides is 2. The second-order valence-corrected chi connectivity index (χ2v) is 5.25. The molecule has 1 aromatic rings. The first-order chi connectivity index (χ1) is 7.00. The van der Waals surface area contributed by atoms with Gasteiger partial charge in [0.2, 0.25) is 5.92 Å². The largest absolute Gasteiger partial charge is 0.250 e. The number of halogens is 2. The third-order valence-electron chi connectivity index (χ3n) is 3.49. The van der Waals surface area contributed by atoms with Crippen LogP contribution >= 0.6 is 11.3 Å². The Bertz CT molecular complexity index is 329. The maximum absolute atomic E-state index is 13.1. The first-order valence-electron chi connectivity index (χ1n) is 5.15. The fourth-order valence-corrected chi connectivity index (χ4v) is 3.23. The van der Waals surface area contributed by atoms with Gasteiger partial charge in [0.25, 0.3) is 0 Å². The van der Waals surface area contributed by atoms with E-state index in [1.54, 1.807) is 5.51 Å². The fraction of sp³-hybridized carbons (Fsp3) is 0.800. The lowest BCUT2D eigenvalue weighted by molar-refractivity contribution is -0.143. The van der Waals surface area contributed by atoms with E-state index in [1.165, 1.54) is 11.3 Å². The van der Waals surface area contributed by atoms with E-state index in [2.05, 4.69) is 10.2 Å². The van der Waals surface area contributed by atoms with Crippen LogP contribution in [0.5, 0.6) is 0 Å². The smallest absolute Gasteiger partial charge is 0.207 e. The third-order valence-corrected chi connectivity index (χ3v) is 4.40. The molecule has 0 bridgehead atoms. The maximum atomic E-state index is 13.1. The summed E-state index contributed by atoms with van der Waals surface area (Å²) in [5.74, 6) is -2.26. The van der Waals surface area contributed by atoms with Crippen molar-refractivity contribution in [3.8, 4) is 0 Å². The van der Waals surface area contributed by atoms with Crippen LogP contribution in [0.25, 0.3) is 0 Å². The quantitative estimate of drug-likeness (QED) is 0.799. The first kappa shape index (κ1) is 10.9. The van der Waals surface area contributed by atoms with Gasteiger partial charge in [0.05, 0.1) is 0 Å². The molecular weight excluding hydrogens is 218 g/mol. The molecule has 0 spiro atoms. The van der Waals surface area contributed by atoms with Gasteiger partial charge in [-0.1, -0.05) is 20.3 Å². The summed E-state index contributed by atoms with van der Waals surface area (Å²) in [5, 5.41) is 8.52. The Hall–Kier alpha value is -0.580. The van der Waals surface area contributed by atoms with Gasteiger partial charge in [-0.15, -0.1) is 21.5 Å². The Labute approximate surface area is 91.7 Å². The Morgan fingerprint density at radius 2 is 2.20 bits per heavy atom. The summed E-state index contributed by atoms with van der Waals surface area (Å²) in [7, 11) is 0. The lowest BCUT2D eigenvalue weighted by Crippen LogP contribution is -2.53. The molecule has 1 unspecified atom stereocenters. The van der Waals surface area contributed by atoms with Crippen LogP contribution in [0.3, 0.4) is 0 Å². The van der Waals surface area contributed by atoms with Crippen LogP contribution in [0, 0.1) is 5.92 Å². The van der Waals surface area contributed by atoms with Gasteiger partial charge in [0, 0.05) is 18.3 Å². The average molecular weight is 232 g/mol. The molecule has 2 nitrogen and oxygen atoms in total. The number of hydrogen-bond acceptors (Lipinski definition) is 3. The van der Waals surface area contributed by atoms with E-state index in [0.29, 0.717) is 0 Å². The van der Waals surface area contributed by atoms with Crippen LogP contribution in [0.2, 0.25) is 0 Å². The van der Waals surface area contributed by atoms with E-state index in [1.807, 2.05) is 13.8 Å². The highest BCUT2D eigenvalue weighted by Gasteiger charge is 2.60. The van der Waals surface area contributed by atoms with E-state index < -0.39 is 11.3 Å². The molecule has 0 radical (unpaired) electrons. The molecule has 5 heteroatoms. The number of nitrogens with zero attached hydrogens (tertiary/aromatic N) is 2. The molecule has 2 rings (SSSR count). The zero-order valence-electron chi connectivity index (χ0n) is 8.83. The molecule has 0 saturated heterocycles. The van der Waals surface area contributed by atoms with Crippen LogP contribution in [0.4, 0.5) is 8.78 Å². The topological polar surface area (TPSA) is 25.8 Å². The molecule has 1 fully saturated rings. The van der Waals surface area contributed by atoms with Crippen LogP contribution in [0.1, 0.15) is 38.1 Å². The highest BCUT2D eigenvalue weighted by atomic mass is 32.1. The zero-order valence-corrected chi connectivity index (χ0v) is 9.65. The van der Waals surface area contributed by atoms with Crippen LogP contribution in [0.15, 0.2) is 5.51 Å². The molecule has 0 N–H and O–H groups in total. The standard InChI is InChI=1S/C10H14F2N2S/c1-3-7(2)9(4-10(11,12)5-9)8-14-13-6-15-8/h6-7H,3-5H2,1-2H3. The fourth-order valence-electron chi connectivity index (χ4n) is 2.36. The Morgan fingerprint density at radius 3 is 2.60 bits per heavy atom. The van der Waals surface area contributed by atoms with Crippen molar-refractivity contribution in [3.63, 3.8) is 0 Å². The molecule has 1 aliphatic rings. The summed E-state index contributed by atoms with van der Waals surface area (Å²) in [6, 6.07) is 0. The lowest BCUT2D eigenvalue weighted by Gasteiger charge is -2.49. The summed E-state index contributed by atoms with van der Waals surface area (Å²) >= 11 is 1.39. The SMILES string of the molecule is CCC(C)C1(c2nncs2)CC(F)(F)C1. The van der Waals surface area contributed by atoms with Gasteiger partial charge in [-0.25, -0.2) is 8.78 Å². The van der Waals surface area contributed by atoms with Gasteiger partial charge in [-0.05, 0) is 5.92 Å². The normalized spacial score (nSPS) is 24.5. The summed E-state index contributed by atoms with van der Waals surface area (Å²) in [6.45, 7) is 4.06. The summed E-state index contributed by atoms with van der Waals surface area (Å²) in [5.41, 5.74) is 1.20. The van der Waals surface area contributed by atoms with Gasteiger partial charge < -0.3 is 0 Å². The van der Waals surface area contributed by atoms with Crippen LogP contribution < -0.4 is 0 Å². The van der Waals surface area contributed by atoms with Crippen molar-refractivity contribution in [3.05, 3.63) is 10.5 Å². The Kier molecular flexibility index (Phi) is 2.53. The molecular formula is C10H14F2N2S. The van der Waals surface area contributed by atoms with E-state index in [-0.39, 0.29) is 18.8 Å². The number of rotatable bonds is 3. The van der Waals surface area contributed by atoms with Gasteiger partial charge in [-0.3, -0.25) is 0 Å². The second-order valence-electron chi connectivity index (χ2n) is 4.42. The Balaban J connectivity index is 2.27. The second kappa shape index (κ2) is 3.47. The van der Waals surface area contributed by atoms with Gasteiger partial charge in [0.1, 0.15) is 10.5 Å². The van der Waals surface area contributed by atoms with Crippen molar-refractivity contribution in [2.24, 2.45) is 5.92 Å². The van der Waals surface area contributed by atoms with Gasteiger partial charge >= 0.3 is 0 Å². The molecule has 84 valence electrons. The van der Waals surface area contributed by atoms with E-state index in [9.17, 15) is 8.78 Å². The van der Waals surface area contributed by atoms with Crippen molar-refractivity contribution < 1.29 is 8.78 Å². The van der Waals surface area contributed by atoms with Crippen LogP contribution in [-0.4, -0.2) is 16.1 Å². The molecule has 0 amide bonds. The number of hydrogen-bond donors (Lipinski definition) is 0. The minimum Gasteiger partial charge on any atom is -0.207 e. The predicted molar refractivity (Wildman–Crippen MR) is 55.2 cm³/mol. The molecule has 0 aromatic carbocycles. The Morgan fingerprint density at radius 1 is 1.53 bits per heavy atom. The predicted octanol–water partition coefficient (Wildman–Crippen LogP) is 3.25.